The molecule has 1 aromatic carbocycles. The molecule has 0 spiro atoms. The lowest BCUT2D eigenvalue weighted by atomic mass is 10.1. The van der Waals surface area contributed by atoms with Crippen LogP contribution in [0.15, 0.2) is 23.0 Å². The van der Waals surface area contributed by atoms with Gasteiger partial charge in [-0.05, 0) is 30.5 Å². The van der Waals surface area contributed by atoms with Crippen LogP contribution in [0.1, 0.15) is 33.0 Å². The first-order valence-electron chi connectivity index (χ1n) is 6.72. The Balaban J connectivity index is 2.64. The molecule has 0 saturated carbocycles. The molecular weight excluding hydrogens is 260 g/mol. The highest BCUT2D eigenvalue weighted by molar-refractivity contribution is 6.31. The summed E-state index contributed by atoms with van der Waals surface area (Å²) < 4.78 is 2.15. The van der Waals surface area contributed by atoms with Gasteiger partial charge in [-0.1, -0.05) is 32.4 Å². The first kappa shape index (κ1) is 14.1. The average molecular weight is 279 g/mol. The second kappa shape index (κ2) is 5.74. The number of benzene rings is 1. The van der Waals surface area contributed by atoms with Gasteiger partial charge < -0.3 is 4.57 Å². The molecule has 1 heterocycles. The van der Waals surface area contributed by atoms with E-state index in [-0.39, 0.29) is 5.56 Å². The van der Waals surface area contributed by atoms with E-state index in [9.17, 15) is 4.79 Å². The lowest BCUT2D eigenvalue weighted by Gasteiger charge is -2.16. The van der Waals surface area contributed by atoms with Gasteiger partial charge >= 0.3 is 0 Å². The highest BCUT2D eigenvalue weighted by Crippen LogP contribution is 2.18. The minimum atomic E-state index is -0.185. The van der Waals surface area contributed by atoms with E-state index in [0.717, 1.165) is 30.7 Å². The van der Waals surface area contributed by atoms with Crippen LogP contribution in [-0.4, -0.2) is 9.55 Å². The fourth-order valence-electron chi connectivity index (χ4n) is 2.20. The van der Waals surface area contributed by atoms with Crippen molar-refractivity contribution in [2.24, 2.45) is 5.92 Å². The van der Waals surface area contributed by atoms with Crippen molar-refractivity contribution >= 4 is 22.5 Å². The van der Waals surface area contributed by atoms with E-state index in [2.05, 4.69) is 23.4 Å². The summed E-state index contributed by atoms with van der Waals surface area (Å²) >= 11 is 5.97. The van der Waals surface area contributed by atoms with Gasteiger partial charge in [-0.15, -0.1) is 0 Å². The molecule has 0 unspecified atom stereocenters. The van der Waals surface area contributed by atoms with Crippen LogP contribution in [0.3, 0.4) is 0 Å². The first-order chi connectivity index (χ1) is 9.02. The largest absolute Gasteiger partial charge is 0.329 e. The van der Waals surface area contributed by atoms with Crippen molar-refractivity contribution < 1.29 is 0 Å². The van der Waals surface area contributed by atoms with Crippen molar-refractivity contribution in [2.45, 2.75) is 40.2 Å². The number of fused-ring (bicyclic) bond motifs is 1. The van der Waals surface area contributed by atoms with Gasteiger partial charge in [0.05, 0.1) is 10.9 Å². The molecule has 19 heavy (non-hydrogen) atoms. The van der Waals surface area contributed by atoms with Crippen LogP contribution in [0.4, 0.5) is 0 Å². The summed E-state index contributed by atoms with van der Waals surface area (Å²) in [5.41, 5.74) is 0.747. The minimum Gasteiger partial charge on any atom is -0.329 e. The summed E-state index contributed by atoms with van der Waals surface area (Å²) in [6, 6.07) is 5.45. The normalized spacial score (nSPS) is 11.4. The molecule has 4 heteroatoms. The zero-order valence-corrected chi connectivity index (χ0v) is 12.4. The highest BCUT2D eigenvalue weighted by Gasteiger charge is 2.10. The maximum absolute atomic E-state index is 12.0. The molecule has 0 amide bonds. The lowest BCUT2D eigenvalue weighted by molar-refractivity contribution is 0.508. The van der Waals surface area contributed by atoms with Gasteiger partial charge in [-0.2, -0.15) is 4.98 Å². The van der Waals surface area contributed by atoms with Crippen LogP contribution in [0.2, 0.25) is 5.02 Å². The molecule has 0 fully saturated rings. The Morgan fingerprint density at radius 1 is 1.37 bits per heavy atom. The molecule has 0 atom stereocenters. The molecule has 0 radical (unpaired) electrons. The second-order valence-corrected chi connectivity index (χ2v) is 5.62. The SMILES string of the molecule is CCc1nc(=O)c2cc(Cl)ccc2n1CCC(C)C. The van der Waals surface area contributed by atoms with Crippen LogP contribution in [0.5, 0.6) is 0 Å². The van der Waals surface area contributed by atoms with Crippen molar-refractivity contribution in [3.63, 3.8) is 0 Å². The van der Waals surface area contributed by atoms with Gasteiger partial charge in [0.25, 0.3) is 5.56 Å². The van der Waals surface area contributed by atoms with E-state index in [1.54, 1.807) is 6.07 Å². The molecule has 0 aliphatic rings. The summed E-state index contributed by atoms with van der Waals surface area (Å²) in [6.07, 6.45) is 1.82. The third-order valence-corrected chi connectivity index (χ3v) is 3.50. The number of rotatable bonds is 4. The predicted molar refractivity (Wildman–Crippen MR) is 79.8 cm³/mol. The standard InChI is InChI=1S/C15H19ClN2O/c1-4-14-17-15(19)12-9-11(16)5-6-13(12)18(14)8-7-10(2)3/h5-6,9-10H,4,7-8H2,1-3H3. The average Bonchev–Trinajstić information content (AvgIpc) is 2.37. The Morgan fingerprint density at radius 2 is 2.11 bits per heavy atom. The molecule has 0 aliphatic carbocycles. The molecule has 0 saturated heterocycles. The third-order valence-electron chi connectivity index (χ3n) is 3.27. The van der Waals surface area contributed by atoms with Crippen molar-refractivity contribution in [1.29, 1.82) is 0 Å². The summed E-state index contributed by atoms with van der Waals surface area (Å²) in [4.78, 5) is 16.2. The number of hydrogen-bond acceptors (Lipinski definition) is 2. The van der Waals surface area contributed by atoms with Gasteiger partial charge in [0.2, 0.25) is 0 Å². The van der Waals surface area contributed by atoms with E-state index < -0.39 is 0 Å². The maximum Gasteiger partial charge on any atom is 0.280 e. The van der Waals surface area contributed by atoms with Crippen molar-refractivity contribution in [3.05, 3.63) is 39.4 Å². The van der Waals surface area contributed by atoms with Crippen LogP contribution < -0.4 is 5.56 Å². The summed E-state index contributed by atoms with van der Waals surface area (Å²) in [5.74, 6) is 1.46. The third kappa shape index (κ3) is 2.98. The second-order valence-electron chi connectivity index (χ2n) is 5.18. The molecule has 102 valence electrons. The van der Waals surface area contributed by atoms with Gasteiger partial charge in [-0.3, -0.25) is 4.79 Å². The topological polar surface area (TPSA) is 34.9 Å². The molecule has 2 aromatic rings. The molecule has 0 N–H and O–H groups in total. The van der Waals surface area contributed by atoms with Crippen molar-refractivity contribution in [1.82, 2.24) is 9.55 Å². The van der Waals surface area contributed by atoms with E-state index in [4.69, 9.17) is 11.6 Å². The van der Waals surface area contributed by atoms with Gasteiger partial charge in [0.15, 0.2) is 0 Å². The number of halogens is 1. The maximum atomic E-state index is 12.0. The molecule has 0 bridgehead atoms. The quantitative estimate of drug-likeness (QED) is 0.855. The zero-order valence-electron chi connectivity index (χ0n) is 11.6. The van der Waals surface area contributed by atoms with E-state index in [1.165, 1.54) is 0 Å². The highest BCUT2D eigenvalue weighted by atomic mass is 35.5. The fourth-order valence-corrected chi connectivity index (χ4v) is 2.37. The summed E-state index contributed by atoms with van der Waals surface area (Å²) in [5, 5.41) is 1.18. The summed E-state index contributed by atoms with van der Waals surface area (Å²) in [6.45, 7) is 7.29. The van der Waals surface area contributed by atoms with Crippen LogP contribution in [0, 0.1) is 5.92 Å². The van der Waals surface area contributed by atoms with Gasteiger partial charge in [-0.25, -0.2) is 0 Å². The van der Waals surface area contributed by atoms with Crippen molar-refractivity contribution in [2.75, 3.05) is 0 Å². The van der Waals surface area contributed by atoms with Crippen LogP contribution >= 0.6 is 11.6 Å². The van der Waals surface area contributed by atoms with E-state index >= 15 is 0 Å². The minimum absolute atomic E-state index is 0.185. The van der Waals surface area contributed by atoms with Gasteiger partial charge in [0.1, 0.15) is 5.82 Å². The molecule has 0 aliphatic heterocycles. The fraction of sp³-hybridized carbons (Fsp3) is 0.467. The number of aryl methyl sites for hydroxylation is 2. The molecule has 1 aromatic heterocycles. The predicted octanol–water partition coefficient (Wildman–Crippen LogP) is 3.66. The summed E-state index contributed by atoms with van der Waals surface area (Å²) in [7, 11) is 0. The van der Waals surface area contributed by atoms with Crippen LogP contribution in [0.25, 0.3) is 10.9 Å². The number of nitrogens with zero attached hydrogens (tertiary/aromatic N) is 2. The molecular formula is C15H19ClN2O. The Kier molecular flexibility index (Phi) is 4.25. The Labute approximate surface area is 118 Å². The number of aromatic nitrogens is 2. The Hall–Kier alpha value is -1.35. The monoisotopic (exact) mass is 278 g/mol. The number of hydrogen-bond donors (Lipinski definition) is 0. The molecule has 3 nitrogen and oxygen atoms in total. The van der Waals surface area contributed by atoms with Crippen molar-refractivity contribution in [3.8, 4) is 0 Å². The Morgan fingerprint density at radius 3 is 2.74 bits per heavy atom. The zero-order chi connectivity index (χ0) is 14.0. The van der Waals surface area contributed by atoms with Crippen LogP contribution in [-0.2, 0) is 13.0 Å². The Bertz CT molecular complexity index is 646. The van der Waals surface area contributed by atoms with E-state index in [0.29, 0.717) is 16.3 Å². The lowest BCUT2D eigenvalue weighted by Crippen LogP contribution is -2.19. The van der Waals surface area contributed by atoms with E-state index in [1.807, 2.05) is 19.1 Å². The molecule has 2 rings (SSSR count). The smallest absolute Gasteiger partial charge is 0.280 e. The van der Waals surface area contributed by atoms with Gasteiger partial charge in [0, 0.05) is 18.0 Å². The first-order valence-corrected chi connectivity index (χ1v) is 7.09.